The molecule has 0 atom stereocenters. The van der Waals surface area contributed by atoms with Crippen molar-refractivity contribution in [2.45, 2.75) is 25.7 Å². The van der Waals surface area contributed by atoms with Crippen LogP contribution in [0.1, 0.15) is 24.8 Å². The highest BCUT2D eigenvalue weighted by Crippen LogP contribution is 2.26. The molecule has 0 aromatic heterocycles. The second kappa shape index (κ2) is 8.10. The molecule has 1 N–H and O–H groups in total. The zero-order chi connectivity index (χ0) is 18.6. The number of amides is 1. The summed E-state index contributed by atoms with van der Waals surface area (Å²) in [4.78, 5) is 12.2. The van der Waals surface area contributed by atoms with E-state index in [2.05, 4.69) is 5.32 Å². The van der Waals surface area contributed by atoms with Crippen LogP contribution >= 0.6 is 11.6 Å². The number of benzene rings is 2. The number of halogens is 1. The molecule has 3 rings (SSSR count). The zero-order valence-electron chi connectivity index (χ0n) is 14.3. The van der Waals surface area contributed by atoms with E-state index in [1.165, 1.54) is 4.31 Å². The molecular formula is C19H21ClN2O3S. The summed E-state index contributed by atoms with van der Waals surface area (Å²) in [6.07, 6.45) is 2.51. The van der Waals surface area contributed by atoms with Crippen LogP contribution in [0.15, 0.2) is 48.5 Å². The van der Waals surface area contributed by atoms with Crippen LogP contribution in [-0.4, -0.2) is 26.6 Å². The molecule has 7 heteroatoms. The van der Waals surface area contributed by atoms with Gasteiger partial charge in [-0.1, -0.05) is 29.8 Å². The molecule has 1 saturated heterocycles. The first-order valence-corrected chi connectivity index (χ1v) is 10.6. The maximum absolute atomic E-state index is 12.2. The quantitative estimate of drug-likeness (QED) is 0.812. The van der Waals surface area contributed by atoms with E-state index in [9.17, 15) is 13.2 Å². The molecule has 0 bridgehead atoms. The van der Waals surface area contributed by atoms with Gasteiger partial charge in [-0.25, -0.2) is 8.42 Å². The third-order valence-electron chi connectivity index (χ3n) is 4.28. The first-order chi connectivity index (χ1) is 12.4. The molecule has 5 nitrogen and oxygen atoms in total. The number of carbonyl (C=O) groups excluding carboxylic acids is 1. The van der Waals surface area contributed by atoms with Crippen LogP contribution in [0.4, 0.5) is 11.4 Å². The number of anilines is 2. The fourth-order valence-corrected chi connectivity index (χ4v) is 4.81. The van der Waals surface area contributed by atoms with E-state index < -0.39 is 10.0 Å². The molecule has 1 aliphatic heterocycles. The standard InChI is InChI=1S/C19H21ClN2O3S/c20-16-7-1-5-15(13-16)6-2-10-19(23)21-17-8-3-9-18(14-17)22-11-4-12-26(22,24)25/h1,3,5,7-9,13-14H,2,4,6,10-12H2,(H,21,23). The lowest BCUT2D eigenvalue weighted by Crippen LogP contribution is -2.25. The van der Waals surface area contributed by atoms with Crippen molar-refractivity contribution in [1.82, 2.24) is 0 Å². The lowest BCUT2D eigenvalue weighted by atomic mass is 10.1. The Kier molecular flexibility index (Phi) is 5.84. The van der Waals surface area contributed by atoms with Crippen molar-refractivity contribution in [3.8, 4) is 0 Å². The maximum atomic E-state index is 12.2. The van der Waals surface area contributed by atoms with Gasteiger partial charge in [0.2, 0.25) is 15.9 Å². The third kappa shape index (κ3) is 4.77. The normalized spacial score (nSPS) is 15.8. The van der Waals surface area contributed by atoms with E-state index in [-0.39, 0.29) is 11.7 Å². The molecule has 1 heterocycles. The molecule has 2 aromatic rings. The number of nitrogens with zero attached hydrogens (tertiary/aromatic N) is 1. The van der Waals surface area contributed by atoms with Crippen molar-refractivity contribution < 1.29 is 13.2 Å². The Hall–Kier alpha value is -2.05. The number of rotatable bonds is 6. The number of carbonyl (C=O) groups is 1. The van der Waals surface area contributed by atoms with Crippen molar-refractivity contribution in [3.05, 3.63) is 59.1 Å². The molecule has 2 aromatic carbocycles. The minimum atomic E-state index is -3.22. The minimum absolute atomic E-state index is 0.0894. The summed E-state index contributed by atoms with van der Waals surface area (Å²) in [5, 5.41) is 3.54. The number of aryl methyl sites for hydroxylation is 1. The number of hydrogen-bond donors (Lipinski definition) is 1. The van der Waals surface area contributed by atoms with Crippen LogP contribution in [-0.2, 0) is 21.2 Å². The van der Waals surface area contributed by atoms with Crippen molar-refractivity contribution in [2.24, 2.45) is 0 Å². The fraction of sp³-hybridized carbons (Fsp3) is 0.316. The molecule has 0 radical (unpaired) electrons. The SMILES string of the molecule is O=C(CCCc1cccc(Cl)c1)Nc1cccc(N2CCCS2(=O)=O)c1. The van der Waals surface area contributed by atoms with E-state index in [1.807, 2.05) is 24.3 Å². The average Bonchev–Trinajstić information content (AvgIpc) is 2.94. The van der Waals surface area contributed by atoms with Gasteiger partial charge in [-0.15, -0.1) is 0 Å². The molecule has 0 saturated carbocycles. The summed E-state index contributed by atoms with van der Waals surface area (Å²) in [5.41, 5.74) is 2.31. The number of nitrogens with one attached hydrogen (secondary N) is 1. The Morgan fingerprint density at radius 3 is 2.69 bits per heavy atom. The molecule has 0 spiro atoms. The molecule has 0 unspecified atom stereocenters. The van der Waals surface area contributed by atoms with Gasteiger partial charge < -0.3 is 5.32 Å². The van der Waals surface area contributed by atoms with Crippen LogP contribution in [0.3, 0.4) is 0 Å². The fourth-order valence-electron chi connectivity index (χ4n) is 3.04. The van der Waals surface area contributed by atoms with Crippen molar-refractivity contribution in [1.29, 1.82) is 0 Å². The molecule has 0 aliphatic carbocycles. The Morgan fingerprint density at radius 1 is 1.15 bits per heavy atom. The second-order valence-electron chi connectivity index (χ2n) is 6.32. The summed E-state index contributed by atoms with van der Waals surface area (Å²) < 4.78 is 25.5. The van der Waals surface area contributed by atoms with Gasteiger partial charge in [0, 0.05) is 23.7 Å². The van der Waals surface area contributed by atoms with E-state index in [0.29, 0.717) is 42.2 Å². The first kappa shape index (κ1) is 18.7. The topological polar surface area (TPSA) is 66.5 Å². The highest BCUT2D eigenvalue weighted by Gasteiger charge is 2.28. The minimum Gasteiger partial charge on any atom is -0.326 e. The molecule has 1 amide bonds. The Morgan fingerprint density at radius 2 is 1.96 bits per heavy atom. The number of hydrogen-bond acceptors (Lipinski definition) is 3. The van der Waals surface area contributed by atoms with Crippen molar-refractivity contribution in [2.75, 3.05) is 21.9 Å². The van der Waals surface area contributed by atoms with Crippen LogP contribution in [0.5, 0.6) is 0 Å². The summed E-state index contributed by atoms with van der Waals surface area (Å²) in [6.45, 7) is 0.485. The molecule has 138 valence electrons. The van der Waals surface area contributed by atoms with Gasteiger partial charge >= 0.3 is 0 Å². The molecule has 26 heavy (non-hydrogen) atoms. The van der Waals surface area contributed by atoms with E-state index in [1.54, 1.807) is 24.3 Å². The Balaban J connectivity index is 1.55. The third-order valence-corrected chi connectivity index (χ3v) is 6.38. The highest BCUT2D eigenvalue weighted by atomic mass is 35.5. The molecule has 1 aliphatic rings. The van der Waals surface area contributed by atoms with Crippen molar-refractivity contribution >= 4 is 38.9 Å². The van der Waals surface area contributed by atoms with Gasteiger partial charge in [-0.05, 0) is 55.2 Å². The number of sulfonamides is 1. The average molecular weight is 393 g/mol. The van der Waals surface area contributed by atoms with E-state index in [0.717, 1.165) is 12.0 Å². The summed E-state index contributed by atoms with van der Waals surface area (Å²) in [6, 6.07) is 14.6. The van der Waals surface area contributed by atoms with Gasteiger partial charge in [0.1, 0.15) is 0 Å². The lowest BCUT2D eigenvalue weighted by molar-refractivity contribution is -0.116. The van der Waals surface area contributed by atoms with Crippen LogP contribution in [0.2, 0.25) is 5.02 Å². The first-order valence-electron chi connectivity index (χ1n) is 8.59. The predicted molar refractivity (Wildman–Crippen MR) is 105 cm³/mol. The molecule has 1 fully saturated rings. The molecular weight excluding hydrogens is 372 g/mol. The Bertz CT molecular complexity index is 899. The van der Waals surface area contributed by atoms with Gasteiger partial charge in [0.05, 0.1) is 11.4 Å². The Labute approximate surface area is 159 Å². The van der Waals surface area contributed by atoms with Gasteiger partial charge in [-0.2, -0.15) is 0 Å². The smallest absolute Gasteiger partial charge is 0.235 e. The van der Waals surface area contributed by atoms with Crippen LogP contribution in [0.25, 0.3) is 0 Å². The van der Waals surface area contributed by atoms with Gasteiger partial charge in [0.25, 0.3) is 0 Å². The van der Waals surface area contributed by atoms with Crippen molar-refractivity contribution in [3.63, 3.8) is 0 Å². The highest BCUT2D eigenvalue weighted by molar-refractivity contribution is 7.93. The maximum Gasteiger partial charge on any atom is 0.235 e. The van der Waals surface area contributed by atoms with Crippen LogP contribution < -0.4 is 9.62 Å². The van der Waals surface area contributed by atoms with Gasteiger partial charge in [-0.3, -0.25) is 9.10 Å². The monoisotopic (exact) mass is 392 g/mol. The zero-order valence-corrected chi connectivity index (χ0v) is 15.9. The van der Waals surface area contributed by atoms with Crippen LogP contribution in [0, 0.1) is 0 Å². The van der Waals surface area contributed by atoms with E-state index in [4.69, 9.17) is 11.6 Å². The summed E-state index contributed by atoms with van der Waals surface area (Å²) in [7, 11) is -3.22. The summed E-state index contributed by atoms with van der Waals surface area (Å²) >= 11 is 5.96. The summed E-state index contributed by atoms with van der Waals surface area (Å²) in [5.74, 6) is 0.0843. The van der Waals surface area contributed by atoms with Gasteiger partial charge in [0.15, 0.2) is 0 Å². The van der Waals surface area contributed by atoms with E-state index >= 15 is 0 Å². The second-order valence-corrected chi connectivity index (χ2v) is 8.77. The predicted octanol–water partition coefficient (Wildman–Crippen LogP) is 3.84. The lowest BCUT2D eigenvalue weighted by Gasteiger charge is -2.17. The largest absolute Gasteiger partial charge is 0.326 e.